The highest BCUT2D eigenvalue weighted by Crippen LogP contribution is 2.10. The number of pyridine rings is 1. The van der Waals surface area contributed by atoms with Crippen molar-refractivity contribution >= 4 is 5.82 Å². The second kappa shape index (κ2) is 5.60. The van der Waals surface area contributed by atoms with Crippen molar-refractivity contribution < 1.29 is 5.11 Å². The smallest absolute Gasteiger partial charge is 0.128 e. The largest absolute Gasteiger partial charge is 0.392 e. The predicted molar refractivity (Wildman–Crippen MR) is 58.3 cm³/mol. The Morgan fingerprint density at radius 1 is 1.43 bits per heavy atom. The first-order valence-corrected chi connectivity index (χ1v) is 5.05. The normalized spacial score (nSPS) is 10.2. The van der Waals surface area contributed by atoms with Gasteiger partial charge in [0.05, 0.1) is 6.61 Å². The van der Waals surface area contributed by atoms with Gasteiger partial charge in [-0.1, -0.05) is 19.4 Å². The summed E-state index contributed by atoms with van der Waals surface area (Å²) in [5.74, 6) is 0.968. The fourth-order valence-corrected chi connectivity index (χ4v) is 1.25. The van der Waals surface area contributed by atoms with Gasteiger partial charge in [0.15, 0.2) is 0 Å². The van der Waals surface area contributed by atoms with Crippen LogP contribution in [0.15, 0.2) is 18.3 Å². The number of aromatic nitrogens is 1. The quantitative estimate of drug-likeness (QED) is 0.776. The minimum Gasteiger partial charge on any atom is -0.392 e. The summed E-state index contributed by atoms with van der Waals surface area (Å²) < 4.78 is 0. The third kappa shape index (κ3) is 3.00. The molecule has 1 aromatic rings. The van der Waals surface area contributed by atoms with E-state index in [1.54, 1.807) is 6.20 Å². The minimum atomic E-state index is 0.0615. The molecule has 0 aromatic carbocycles. The third-order valence-corrected chi connectivity index (χ3v) is 2.23. The highest BCUT2D eigenvalue weighted by atomic mass is 16.3. The highest BCUT2D eigenvalue weighted by molar-refractivity contribution is 5.37. The third-order valence-electron chi connectivity index (χ3n) is 2.23. The Hall–Kier alpha value is -1.09. The predicted octanol–water partition coefficient (Wildman–Crippen LogP) is 1.81. The molecule has 0 atom stereocenters. The van der Waals surface area contributed by atoms with Gasteiger partial charge in [-0.25, -0.2) is 4.98 Å². The molecule has 0 bridgehead atoms. The molecule has 0 amide bonds. The molecule has 14 heavy (non-hydrogen) atoms. The standard InChI is InChI=1S/C11H18N2O/c1-3-4-7-13(2)11-6-5-10(9-14)8-12-11/h5-6,8,14H,3-4,7,9H2,1-2H3. The Morgan fingerprint density at radius 2 is 2.21 bits per heavy atom. The molecule has 0 saturated carbocycles. The average Bonchev–Trinajstić information content (AvgIpc) is 2.26. The second-order valence-electron chi connectivity index (χ2n) is 3.46. The summed E-state index contributed by atoms with van der Waals surface area (Å²) in [6.07, 6.45) is 4.09. The number of hydrogen-bond donors (Lipinski definition) is 1. The first-order chi connectivity index (χ1) is 6.77. The lowest BCUT2D eigenvalue weighted by Gasteiger charge is -2.17. The van der Waals surface area contributed by atoms with Crippen LogP contribution in [-0.4, -0.2) is 23.7 Å². The molecule has 1 N–H and O–H groups in total. The van der Waals surface area contributed by atoms with Crippen molar-refractivity contribution in [1.82, 2.24) is 4.98 Å². The molecule has 0 saturated heterocycles. The lowest BCUT2D eigenvalue weighted by Crippen LogP contribution is -2.19. The van der Waals surface area contributed by atoms with Crippen molar-refractivity contribution in [2.24, 2.45) is 0 Å². The number of anilines is 1. The fraction of sp³-hybridized carbons (Fsp3) is 0.545. The molecule has 3 heteroatoms. The highest BCUT2D eigenvalue weighted by Gasteiger charge is 2.00. The molecule has 0 fully saturated rings. The van der Waals surface area contributed by atoms with E-state index in [2.05, 4.69) is 16.8 Å². The Kier molecular flexibility index (Phi) is 4.40. The first kappa shape index (κ1) is 11.0. The van der Waals surface area contributed by atoms with E-state index in [1.165, 1.54) is 12.8 Å². The van der Waals surface area contributed by atoms with Crippen LogP contribution in [0.25, 0.3) is 0 Å². The number of nitrogens with zero attached hydrogens (tertiary/aromatic N) is 2. The van der Waals surface area contributed by atoms with Crippen molar-refractivity contribution in [3.8, 4) is 0 Å². The fourth-order valence-electron chi connectivity index (χ4n) is 1.25. The summed E-state index contributed by atoms with van der Waals surface area (Å²) in [6.45, 7) is 3.27. The number of rotatable bonds is 5. The van der Waals surface area contributed by atoms with Gasteiger partial charge in [-0.05, 0) is 18.1 Å². The molecule has 0 unspecified atom stereocenters. The van der Waals surface area contributed by atoms with Crippen molar-refractivity contribution in [2.75, 3.05) is 18.5 Å². The van der Waals surface area contributed by atoms with Gasteiger partial charge < -0.3 is 10.0 Å². The maximum absolute atomic E-state index is 8.85. The zero-order chi connectivity index (χ0) is 10.4. The SMILES string of the molecule is CCCCN(C)c1ccc(CO)cn1. The molecule has 1 aromatic heterocycles. The van der Waals surface area contributed by atoms with Crippen LogP contribution in [0.4, 0.5) is 5.82 Å². The Balaban J connectivity index is 2.57. The van der Waals surface area contributed by atoms with Crippen LogP contribution >= 0.6 is 0 Å². The van der Waals surface area contributed by atoms with Gasteiger partial charge in [0.25, 0.3) is 0 Å². The van der Waals surface area contributed by atoms with Gasteiger partial charge in [0.1, 0.15) is 5.82 Å². The van der Waals surface area contributed by atoms with E-state index in [9.17, 15) is 0 Å². The van der Waals surface area contributed by atoms with E-state index < -0.39 is 0 Å². The maximum Gasteiger partial charge on any atom is 0.128 e. The lowest BCUT2D eigenvalue weighted by molar-refractivity contribution is 0.281. The molecule has 0 aliphatic heterocycles. The van der Waals surface area contributed by atoms with E-state index >= 15 is 0 Å². The summed E-state index contributed by atoms with van der Waals surface area (Å²) in [5.41, 5.74) is 0.859. The topological polar surface area (TPSA) is 36.4 Å². The number of hydrogen-bond acceptors (Lipinski definition) is 3. The van der Waals surface area contributed by atoms with Crippen molar-refractivity contribution in [2.45, 2.75) is 26.4 Å². The molecule has 78 valence electrons. The lowest BCUT2D eigenvalue weighted by atomic mass is 10.3. The van der Waals surface area contributed by atoms with Crippen LogP contribution in [-0.2, 0) is 6.61 Å². The number of aliphatic hydroxyl groups excluding tert-OH is 1. The molecule has 1 rings (SSSR count). The van der Waals surface area contributed by atoms with Gasteiger partial charge in [-0.2, -0.15) is 0 Å². The second-order valence-corrected chi connectivity index (χ2v) is 3.46. The van der Waals surface area contributed by atoms with Crippen molar-refractivity contribution in [3.63, 3.8) is 0 Å². The summed E-state index contributed by atoms with van der Waals surface area (Å²) in [5, 5.41) is 8.85. The van der Waals surface area contributed by atoms with Crippen LogP contribution in [0, 0.1) is 0 Å². The van der Waals surface area contributed by atoms with E-state index in [4.69, 9.17) is 5.11 Å². The zero-order valence-corrected chi connectivity index (χ0v) is 8.90. The van der Waals surface area contributed by atoms with E-state index in [0.29, 0.717) is 0 Å². The van der Waals surface area contributed by atoms with Gasteiger partial charge >= 0.3 is 0 Å². The van der Waals surface area contributed by atoms with Crippen LogP contribution in [0.5, 0.6) is 0 Å². The van der Waals surface area contributed by atoms with Crippen LogP contribution in [0.2, 0.25) is 0 Å². The van der Waals surface area contributed by atoms with Crippen LogP contribution < -0.4 is 4.90 Å². The van der Waals surface area contributed by atoms with Crippen molar-refractivity contribution in [1.29, 1.82) is 0 Å². The van der Waals surface area contributed by atoms with Gasteiger partial charge in [0, 0.05) is 19.8 Å². The molecule has 0 radical (unpaired) electrons. The Bertz CT molecular complexity index is 258. The summed E-state index contributed by atoms with van der Waals surface area (Å²) in [7, 11) is 2.04. The maximum atomic E-state index is 8.85. The molecule has 3 nitrogen and oxygen atoms in total. The van der Waals surface area contributed by atoms with E-state index in [-0.39, 0.29) is 6.61 Å². The molecule has 0 spiro atoms. The molecule has 0 aliphatic carbocycles. The van der Waals surface area contributed by atoms with E-state index in [1.807, 2.05) is 19.2 Å². The molecular formula is C11H18N2O. The summed E-state index contributed by atoms with van der Waals surface area (Å²) >= 11 is 0. The Labute approximate surface area is 85.4 Å². The number of unbranched alkanes of at least 4 members (excludes halogenated alkanes) is 1. The van der Waals surface area contributed by atoms with Crippen LogP contribution in [0.3, 0.4) is 0 Å². The monoisotopic (exact) mass is 194 g/mol. The molecule has 1 heterocycles. The summed E-state index contributed by atoms with van der Waals surface area (Å²) in [4.78, 5) is 6.40. The minimum absolute atomic E-state index is 0.0615. The summed E-state index contributed by atoms with van der Waals surface area (Å²) in [6, 6.07) is 3.85. The average molecular weight is 194 g/mol. The Morgan fingerprint density at radius 3 is 2.71 bits per heavy atom. The van der Waals surface area contributed by atoms with Gasteiger partial charge in [0.2, 0.25) is 0 Å². The van der Waals surface area contributed by atoms with Crippen LogP contribution in [0.1, 0.15) is 25.3 Å². The van der Waals surface area contributed by atoms with Gasteiger partial charge in [-0.15, -0.1) is 0 Å². The van der Waals surface area contributed by atoms with E-state index in [0.717, 1.165) is 17.9 Å². The van der Waals surface area contributed by atoms with Crippen molar-refractivity contribution in [3.05, 3.63) is 23.9 Å². The zero-order valence-electron chi connectivity index (χ0n) is 8.90. The number of aliphatic hydroxyl groups is 1. The molecule has 0 aliphatic rings. The molecular weight excluding hydrogens is 176 g/mol. The van der Waals surface area contributed by atoms with Gasteiger partial charge in [-0.3, -0.25) is 0 Å². The first-order valence-electron chi connectivity index (χ1n) is 5.05.